The van der Waals surface area contributed by atoms with Crippen molar-refractivity contribution >= 4 is 29.2 Å². The number of carbonyl (C=O) groups is 2. The Bertz CT molecular complexity index is 669. The van der Waals surface area contributed by atoms with Gasteiger partial charge in [-0.15, -0.1) is 0 Å². The Kier molecular flexibility index (Phi) is 4.00. The number of amides is 1. The van der Waals surface area contributed by atoms with Gasteiger partial charge in [-0.1, -0.05) is 17.7 Å². The molecule has 2 N–H and O–H groups in total. The van der Waals surface area contributed by atoms with Crippen molar-refractivity contribution in [1.29, 1.82) is 0 Å². The number of aromatic carboxylic acids is 1. The summed E-state index contributed by atoms with van der Waals surface area (Å²) < 4.78 is 0. The number of halogens is 1. The Morgan fingerprint density at radius 1 is 1.25 bits per heavy atom. The van der Waals surface area contributed by atoms with Crippen LogP contribution in [-0.2, 0) is 0 Å². The van der Waals surface area contributed by atoms with Crippen LogP contribution in [0.1, 0.15) is 26.4 Å². The minimum absolute atomic E-state index is 0.0282. The summed E-state index contributed by atoms with van der Waals surface area (Å²) in [4.78, 5) is 26.5. The fraction of sp³-hybridized carbons (Fsp3) is 0.0714. The van der Waals surface area contributed by atoms with E-state index >= 15 is 0 Å². The van der Waals surface area contributed by atoms with E-state index in [2.05, 4.69) is 10.3 Å². The van der Waals surface area contributed by atoms with Crippen molar-refractivity contribution < 1.29 is 14.7 Å². The number of hydrogen-bond acceptors (Lipinski definition) is 3. The van der Waals surface area contributed by atoms with Crippen molar-refractivity contribution in [3.05, 3.63) is 58.4 Å². The van der Waals surface area contributed by atoms with Crippen LogP contribution in [0.4, 0.5) is 5.69 Å². The fourth-order valence-corrected chi connectivity index (χ4v) is 1.74. The number of carboxylic acid groups (broad SMARTS) is 1. The molecule has 0 atom stereocenters. The third kappa shape index (κ3) is 3.13. The molecule has 0 saturated heterocycles. The molecule has 5 nitrogen and oxygen atoms in total. The van der Waals surface area contributed by atoms with Crippen LogP contribution in [0.15, 0.2) is 36.5 Å². The minimum Gasteiger partial charge on any atom is -0.478 e. The summed E-state index contributed by atoms with van der Waals surface area (Å²) in [5, 5.41) is 12.0. The normalized spacial score (nSPS) is 10.1. The van der Waals surface area contributed by atoms with Crippen LogP contribution in [0.5, 0.6) is 0 Å². The molecule has 0 radical (unpaired) electrons. The molecule has 0 unspecified atom stereocenters. The third-order valence-electron chi connectivity index (χ3n) is 2.69. The lowest BCUT2D eigenvalue weighted by Crippen LogP contribution is -2.14. The SMILES string of the molecule is Cc1ccc(Cl)cc1NC(=O)c1ccc(C(=O)O)cn1. The summed E-state index contributed by atoms with van der Waals surface area (Å²) in [6, 6.07) is 7.85. The number of nitrogens with one attached hydrogen (secondary N) is 1. The van der Waals surface area contributed by atoms with E-state index in [1.54, 1.807) is 18.2 Å². The molecule has 0 spiro atoms. The number of pyridine rings is 1. The first-order chi connectivity index (χ1) is 9.47. The van der Waals surface area contributed by atoms with E-state index in [9.17, 15) is 9.59 Å². The molecule has 0 aliphatic rings. The van der Waals surface area contributed by atoms with E-state index in [1.807, 2.05) is 6.92 Å². The summed E-state index contributed by atoms with van der Waals surface area (Å²) in [6.45, 7) is 1.84. The van der Waals surface area contributed by atoms with Crippen LogP contribution in [-0.4, -0.2) is 22.0 Å². The lowest BCUT2D eigenvalue weighted by atomic mass is 10.2. The maximum Gasteiger partial charge on any atom is 0.337 e. The van der Waals surface area contributed by atoms with Gasteiger partial charge < -0.3 is 10.4 Å². The van der Waals surface area contributed by atoms with Gasteiger partial charge >= 0.3 is 5.97 Å². The van der Waals surface area contributed by atoms with Crippen molar-refractivity contribution in [2.24, 2.45) is 0 Å². The highest BCUT2D eigenvalue weighted by Crippen LogP contribution is 2.20. The molecule has 0 saturated carbocycles. The molecule has 1 amide bonds. The summed E-state index contributed by atoms with van der Waals surface area (Å²) in [7, 11) is 0. The number of nitrogens with zero attached hydrogens (tertiary/aromatic N) is 1. The number of carbonyl (C=O) groups excluding carboxylic acids is 1. The van der Waals surface area contributed by atoms with Crippen LogP contribution in [0.3, 0.4) is 0 Å². The third-order valence-corrected chi connectivity index (χ3v) is 2.93. The van der Waals surface area contributed by atoms with E-state index in [1.165, 1.54) is 12.1 Å². The average molecular weight is 291 g/mol. The molecule has 0 aliphatic heterocycles. The van der Waals surface area contributed by atoms with Crippen LogP contribution in [0.25, 0.3) is 0 Å². The molecule has 1 aromatic carbocycles. The predicted molar refractivity (Wildman–Crippen MR) is 75.3 cm³/mol. The zero-order valence-electron chi connectivity index (χ0n) is 10.6. The van der Waals surface area contributed by atoms with Crippen LogP contribution in [0.2, 0.25) is 5.02 Å². The highest BCUT2D eigenvalue weighted by atomic mass is 35.5. The maximum atomic E-state index is 12.0. The van der Waals surface area contributed by atoms with E-state index < -0.39 is 11.9 Å². The van der Waals surface area contributed by atoms with Gasteiger partial charge in [-0.3, -0.25) is 9.78 Å². The van der Waals surface area contributed by atoms with Gasteiger partial charge in [0.15, 0.2) is 0 Å². The van der Waals surface area contributed by atoms with E-state index in [4.69, 9.17) is 16.7 Å². The second-order valence-corrected chi connectivity index (χ2v) is 4.59. The molecular formula is C14H11ClN2O3. The number of anilines is 1. The molecule has 0 fully saturated rings. The molecular weight excluding hydrogens is 280 g/mol. The van der Waals surface area contributed by atoms with Crippen LogP contribution >= 0.6 is 11.6 Å². The minimum atomic E-state index is -1.09. The molecule has 2 rings (SSSR count). The van der Waals surface area contributed by atoms with Gasteiger partial charge in [-0.2, -0.15) is 0 Å². The molecule has 2 aromatic rings. The summed E-state index contributed by atoms with van der Waals surface area (Å²) in [6.07, 6.45) is 1.14. The largest absolute Gasteiger partial charge is 0.478 e. The second kappa shape index (κ2) is 5.71. The van der Waals surface area contributed by atoms with Gasteiger partial charge in [-0.05, 0) is 36.8 Å². The fourth-order valence-electron chi connectivity index (χ4n) is 1.57. The van der Waals surface area contributed by atoms with Crippen LogP contribution in [0, 0.1) is 6.92 Å². The summed E-state index contributed by atoms with van der Waals surface area (Å²) in [5.41, 5.74) is 1.62. The standard InChI is InChI=1S/C14H11ClN2O3/c1-8-2-4-10(15)6-12(8)17-13(18)11-5-3-9(7-16-11)14(19)20/h2-7H,1H3,(H,17,18)(H,19,20). The van der Waals surface area contributed by atoms with Gasteiger partial charge in [0.05, 0.1) is 5.56 Å². The molecule has 20 heavy (non-hydrogen) atoms. The first-order valence-electron chi connectivity index (χ1n) is 5.74. The number of carboxylic acids is 1. The Hall–Kier alpha value is -2.40. The Labute approximate surface area is 120 Å². The molecule has 6 heteroatoms. The maximum absolute atomic E-state index is 12.0. The van der Waals surface area contributed by atoms with Crippen molar-refractivity contribution in [2.75, 3.05) is 5.32 Å². The molecule has 0 bridgehead atoms. The zero-order chi connectivity index (χ0) is 14.7. The predicted octanol–water partition coefficient (Wildman–Crippen LogP) is 2.99. The monoisotopic (exact) mass is 290 g/mol. The van der Waals surface area contributed by atoms with Crippen molar-refractivity contribution in [1.82, 2.24) is 4.98 Å². The quantitative estimate of drug-likeness (QED) is 0.911. The number of benzene rings is 1. The van der Waals surface area contributed by atoms with Gasteiger partial charge in [0.25, 0.3) is 5.91 Å². The van der Waals surface area contributed by atoms with Crippen molar-refractivity contribution in [2.45, 2.75) is 6.92 Å². The van der Waals surface area contributed by atoms with Crippen molar-refractivity contribution in [3.8, 4) is 0 Å². The van der Waals surface area contributed by atoms with Gasteiger partial charge in [0.1, 0.15) is 5.69 Å². The van der Waals surface area contributed by atoms with Gasteiger partial charge in [-0.25, -0.2) is 4.79 Å². The number of hydrogen-bond donors (Lipinski definition) is 2. The van der Waals surface area contributed by atoms with Crippen molar-refractivity contribution in [3.63, 3.8) is 0 Å². The van der Waals surface area contributed by atoms with Gasteiger partial charge in [0, 0.05) is 16.9 Å². The number of rotatable bonds is 3. The lowest BCUT2D eigenvalue weighted by molar-refractivity contribution is 0.0696. The highest BCUT2D eigenvalue weighted by molar-refractivity contribution is 6.31. The lowest BCUT2D eigenvalue weighted by Gasteiger charge is -2.08. The van der Waals surface area contributed by atoms with E-state index in [-0.39, 0.29) is 11.3 Å². The Morgan fingerprint density at radius 3 is 2.60 bits per heavy atom. The highest BCUT2D eigenvalue weighted by Gasteiger charge is 2.11. The average Bonchev–Trinajstić information content (AvgIpc) is 2.43. The molecule has 0 aliphatic carbocycles. The summed E-state index contributed by atoms with van der Waals surface area (Å²) in [5.74, 6) is -1.51. The molecule has 1 aromatic heterocycles. The Balaban J connectivity index is 2.19. The number of aromatic nitrogens is 1. The topological polar surface area (TPSA) is 79.3 Å². The van der Waals surface area contributed by atoms with E-state index in [0.29, 0.717) is 10.7 Å². The van der Waals surface area contributed by atoms with Crippen LogP contribution < -0.4 is 5.32 Å². The molecule has 102 valence electrons. The van der Waals surface area contributed by atoms with E-state index in [0.717, 1.165) is 11.8 Å². The smallest absolute Gasteiger partial charge is 0.337 e. The summed E-state index contributed by atoms with van der Waals surface area (Å²) >= 11 is 5.87. The first-order valence-corrected chi connectivity index (χ1v) is 6.12. The molecule has 1 heterocycles. The number of aryl methyl sites for hydroxylation is 1. The van der Waals surface area contributed by atoms with Gasteiger partial charge in [0.2, 0.25) is 0 Å². The Morgan fingerprint density at radius 2 is 2.00 bits per heavy atom. The first kappa shape index (κ1) is 14.0. The second-order valence-electron chi connectivity index (χ2n) is 4.15. The zero-order valence-corrected chi connectivity index (χ0v) is 11.3.